The third kappa shape index (κ3) is 4.36. The van der Waals surface area contributed by atoms with Gasteiger partial charge in [-0.25, -0.2) is 4.98 Å². The van der Waals surface area contributed by atoms with Crippen molar-refractivity contribution in [3.63, 3.8) is 0 Å². The van der Waals surface area contributed by atoms with Crippen LogP contribution in [0.1, 0.15) is 41.7 Å². The van der Waals surface area contributed by atoms with Crippen LogP contribution in [0.5, 0.6) is 0 Å². The molecular formula is C25H33N5O2. The molecule has 7 nitrogen and oxygen atoms in total. The topological polar surface area (TPSA) is 61.8 Å². The van der Waals surface area contributed by atoms with Crippen molar-refractivity contribution in [2.24, 2.45) is 0 Å². The Morgan fingerprint density at radius 1 is 1.00 bits per heavy atom. The van der Waals surface area contributed by atoms with E-state index in [9.17, 15) is 4.79 Å². The molecule has 32 heavy (non-hydrogen) atoms. The molecule has 7 heteroatoms. The number of pyridine rings is 2. The third-order valence-electron chi connectivity index (χ3n) is 7.47. The van der Waals surface area contributed by atoms with Gasteiger partial charge in [0.15, 0.2) is 0 Å². The van der Waals surface area contributed by atoms with E-state index >= 15 is 0 Å². The van der Waals surface area contributed by atoms with Gasteiger partial charge in [-0.15, -0.1) is 0 Å². The molecule has 5 heterocycles. The summed E-state index contributed by atoms with van der Waals surface area (Å²) in [4.78, 5) is 28.8. The number of rotatable bonds is 3. The van der Waals surface area contributed by atoms with Crippen LogP contribution in [0.25, 0.3) is 0 Å². The molecular weight excluding hydrogens is 402 g/mol. The Hall–Kier alpha value is -2.51. The van der Waals surface area contributed by atoms with Gasteiger partial charge in [-0.2, -0.15) is 0 Å². The Morgan fingerprint density at radius 3 is 2.50 bits per heavy atom. The molecule has 3 aliphatic heterocycles. The lowest BCUT2D eigenvalue weighted by molar-refractivity contribution is -0.130. The summed E-state index contributed by atoms with van der Waals surface area (Å²) < 4.78 is 6.38. The van der Waals surface area contributed by atoms with Crippen molar-refractivity contribution in [1.29, 1.82) is 0 Å². The molecule has 3 saturated heterocycles. The predicted octanol–water partition coefficient (Wildman–Crippen LogP) is 2.76. The van der Waals surface area contributed by atoms with Gasteiger partial charge in [-0.05, 0) is 56.9 Å². The summed E-state index contributed by atoms with van der Waals surface area (Å²) in [5, 5.41) is 0. The van der Waals surface area contributed by atoms with Crippen molar-refractivity contribution in [2.75, 3.05) is 50.8 Å². The third-order valence-corrected chi connectivity index (χ3v) is 7.47. The van der Waals surface area contributed by atoms with Gasteiger partial charge in [0.2, 0.25) is 0 Å². The number of nitrogens with zero attached hydrogens (tertiary/aromatic N) is 5. The predicted molar refractivity (Wildman–Crippen MR) is 124 cm³/mol. The second-order valence-corrected chi connectivity index (χ2v) is 9.32. The highest BCUT2D eigenvalue weighted by Gasteiger charge is 2.43. The van der Waals surface area contributed by atoms with E-state index in [-0.39, 0.29) is 11.5 Å². The van der Waals surface area contributed by atoms with Crippen LogP contribution in [0, 0.1) is 6.92 Å². The van der Waals surface area contributed by atoms with Gasteiger partial charge < -0.3 is 14.5 Å². The van der Waals surface area contributed by atoms with E-state index in [1.165, 1.54) is 0 Å². The number of likely N-dealkylation sites (tertiary alicyclic amines) is 1. The number of piperidine rings is 1. The zero-order valence-electron chi connectivity index (χ0n) is 18.9. The van der Waals surface area contributed by atoms with E-state index in [1.807, 2.05) is 36.2 Å². The van der Waals surface area contributed by atoms with Gasteiger partial charge in [-0.3, -0.25) is 14.7 Å². The fourth-order valence-electron chi connectivity index (χ4n) is 5.52. The highest BCUT2D eigenvalue weighted by Crippen LogP contribution is 2.37. The lowest BCUT2D eigenvalue weighted by atomic mass is 9.81. The molecule has 0 bridgehead atoms. The highest BCUT2D eigenvalue weighted by molar-refractivity contribution is 5.95. The van der Waals surface area contributed by atoms with E-state index in [1.54, 1.807) is 6.20 Å². The Morgan fingerprint density at radius 2 is 1.78 bits per heavy atom. The molecule has 3 fully saturated rings. The molecule has 0 aromatic carbocycles. The normalized spacial score (nSPS) is 24.0. The molecule has 0 N–H and O–H groups in total. The maximum atomic E-state index is 13.0. The van der Waals surface area contributed by atoms with Crippen LogP contribution >= 0.6 is 0 Å². The summed E-state index contributed by atoms with van der Waals surface area (Å²) in [6.45, 7) is 8.43. The standard InChI is InChI=1S/C25H33N5O2/c1-20-22(5-4-11-26-20)24(31)30-12-8-25(9-13-30)19-21(7-18-32-25)28-14-16-29(17-15-28)23-6-2-3-10-27-23/h2-6,10-11,21H,7-9,12-19H2,1H3. The van der Waals surface area contributed by atoms with Crippen LogP contribution in [0.3, 0.4) is 0 Å². The van der Waals surface area contributed by atoms with Crippen molar-refractivity contribution in [3.8, 4) is 0 Å². The largest absolute Gasteiger partial charge is 0.375 e. The van der Waals surface area contributed by atoms with Gasteiger partial charge in [-0.1, -0.05) is 6.07 Å². The number of carbonyl (C=O) groups is 1. The molecule has 3 aliphatic rings. The first-order valence-corrected chi connectivity index (χ1v) is 11.9. The maximum absolute atomic E-state index is 13.0. The first-order chi connectivity index (χ1) is 15.6. The molecule has 170 valence electrons. The minimum absolute atomic E-state index is 0.0815. The number of piperazine rings is 1. The van der Waals surface area contributed by atoms with Crippen molar-refractivity contribution in [2.45, 2.75) is 44.2 Å². The molecule has 2 aromatic heterocycles. The average Bonchev–Trinajstić information content (AvgIpc) is 2.85. The Kier molecular flexibility index (Phi) is 6.11. The zero-order chi connectivity index (χ0) is 22.0. The number of anilines is 1. The van der Waals surface area contributed by atoms with Crippen molar-refractivity contribution >= 4 is 11.7 Å². The van der Waals surface area contributed by atoms with Crippen molar-refractivity contribution < 1.29 is 9.53 Å². The number of hydrogen-bond acceptors (Lipinski definition) is 6. The molecule has 5 rings (SSSR count). The molecule has 2 aromatic rings. The van der Waals surface area contributed by atoms with Gasteiger partial charge in [0, 0.05) is 70.0 Å². The fraction of sp³-hybridized carbons (Fsp3) is 0.560. The Bertz CT molecular complexity index is 921. The number of hydrogen-bond donors (Lipinski definition) is 0. The van der Waals surface area contributed by atoms with Crippen LogP contribution in [0.15, 0.2) is 42.7 Å². The lowest BCUT2D eigenvalue weighted by Gasteiger charge is -2.49. The van der Waals surface area contributed by atoms with Gasteiger partial charge in [0.25, 0.3) is 5.91 Å². The Labute approximate surface area is 190 Å². The fourth-order valence-corrected chi connectivity index (χ4v) is 5.52. The number of aryl methyl sites for hydroxylation is 1. The first kappa shape index (κ1) is 21.3. The SMILES string of the molecule is Cc1ncccc1C(=O)N1CCC2(CC1)CC(N1CCN(c3ccccn3)CC1)CCO2. The molecule has 0 radical (unpaired) electrons. The number of ether oxygens (including phenoxy) is 1. The summed E-state index contributed by atoms with van der Waals surface area (Å²) in [7, 11) is 0. The summed E-state index contributed by atoms with van der Waals surface area (Å²) in [5.41, 5.74) is 1.44. The van der Waals surface area contributed by atoms with E-state index < -0.39 is 0 Å². The summed E-state index contributed by atoms with van der Waals surface area (Å²) in [6.07, 6.45) is 7.62. The van der Waals surface area contributed by atoms with Gasteiger partial charge in [0.1, 0.15) is 5.82 Å². The van der Waals surface area contributed by atoms with Crippen molar-refractivity contribution in [1.82, 2.24) is 19.8 Å². The van der Waals surface area contributed by atoms with Crippen LogP contribution < -0.4 is 4.90 Å². The van der Waals surface area contributed by atoms with Gasteiger partial charge in [0.05, 0.1) is 11.2 Å². The Balaban J connectivity index is 1.16. The maximum Gasteiger partial charge on any atom is 0.255 e. The van der Waals surface area contributed by atoms with Crippen LogP contribution in [-0.4, -0.2) is 83.2 Å². The molecule has 1 spiro atoms. The zero-order valence-corrected chi connectivity index (χ0v) is 18.9. The summed E-state index contributed by atoms with van der Waals surface area (Å²) in [6, 6.07) is 10.4. The molecule has 0 saturated carbocycles. The quantitative estimate of drug-likeness (QED) is 0.739. The number of amides is 1. The lowest BCUT2D eigenvalue weighted by Crippen LogP contribution is -2.57. The highest BCUT2D eigenvalue weighted by atomic mass is 16.5. The average molecular weight is 436 g/mol. The minimum Gasteiger partial charge on any atom is -0.375 e. The van der Waals surface area contributed by atoms with Crippen LogP contribution in [0.4, 0.5) is 5.82 Å². The number of carbonyl (C=O) groups excluding carboxylic acids is 1. The monoisotopic (exact) mass is 435 g/mol. The van der Waals surface area contributed by atoms with Gasteiger partial charge >= 0.3 is 0 Å². The van der Waals surface area contributed by atoms with Crippen LogP contribution in [-0.2, 0) is 4.74 Å². The van der Waals surface area contributed by atoms with Crippen LogP contribution in [0.2, 0.25) is 0 Å². The van der Waals surface area contributed by atoms with E-state index in [4.69, 9.17) is 4.74 Å². The van der Waals surface area contributed by atoms with E-state index in [0.29, 0.717) is 6.04 Å². The summed E-state index contributed by atoms with van der Waals surface area (Å²) in [5.74, 6) is 1.18. The smallest absolute Gasteiger partial charge is 0.255 e. The first-order valence-electron chi connectivity index (χ1n) is 11.9. The summed E-state index contributed by atoms with van der Waals surface area (Å²) >= 11 is 0. The molecule has 1 amide bonds. The van der Waals surface area contributed by atoms with E-state index in [2.05, 4.69) is 31.9 Å². The molecule has 0 aliphatic carbocycles. The second-order valence-electron chi connectivity index (χ2n) is 9.32. The second kappa shape index (κ2) is 9.16. The molecule has 1 unspecified atom stereocenters. The number of aromatic nitrogens is 2. The van der Waals surface area contributed by atoms with Crippen molar-refractivity contribution in [3.05, 3.63) is 54.0 Å². The minimum atomic E-state index is -0.0815. The molecule has 1 atom stereocenters. The van der Waals surface area contributed by atoms with E-state index in [0.717, 1.165) is 88.6 Å².